The van der Waals surface area contributed by atoms with Crippen LogP contribution in [0.3, 0.4) is 0 Å². The zero-order chi connectivity index (χ0) is 13.1. The van der Waals surface area contributed by atoms with Crippen LogP contribution < -0.4 is 0 Å². The van der Waals surface area contributed by atoms with Gasteiger partial charge in [-0.1, -0.05) is 42.5 Å². The molecule has 1 nitrogen and oxygen atoms in total. The van der Waals surface area contributed by atoms with E-state index in [-0.39, 0.29) is 0 Å². The van der Waals surface area contributed by atoms with Crippen molar-refractivity contribution < 1.29 is 5.11 Å². The smallest absolute Gasteiger partial charge is 0.115 e. The maximum Gasteiger partial charge on any atom is 0.115 e. The second kappa shape index (κ2) is 5.29. The number of hydrogen-bond donors (Lipinski definition) is 1. The number of hydrogen-bond acceptors (Lipinski definition) is 2. The minimum absolute atomic E-state index is 0.316. The number of rotatable bonds is 3. The van der Waals surface area contributed by atoms with Gasteiger partial charge in [0.05, 0.1) is 0 Å². The fourth-order valence-electron chi connectivity index (χ4n) is 2.08. The zero-order valence-corrected chi connectivity index (χ0v) is 11.2. The van der Waals surface area contributed by atoms with Crippen molar-refractivity contribution in [2.75, 3.05) is 0 Å². The van der Waals surface area contributed by atoms with E-state index in [0.717, 1.165) is 6.42 Å². The van der Waals surface area contributed by atoms with Gasteiger partial charge in [-0.15, -0.1) is 11.3 Å². The van der Waals surface area contributed by atoms with Crippen molar-refractivity contribution in [1.82, 2.24) is 0 Å². The maximum atomic E-state index is 9.27. The van der Waals surface area contributed by atoms with Crippen LogP contribution in [0.1, 0.15) is 11.1 Å². The molecule has 0 aliphatic carbocycles. The van der Waals surface area contributed by atoms with E-state index in [9.17, 15) is 5.11 Å². The quantitative estimate of drug-likeness (QED) is 0.727. The van der Waals surface area contributed by atoms with Crippen molar-refractivity contribution in [2.45, 2.75) is 6.42 Å². The Morgan fingerprint density at radius 2 is 1.42 bits per heavy atom. The van der Waals surface area contributed by atoms with Crippen molar-refractivity contribution in [3.63, 3.8) is 0 Å². The van der Waals surface area contributed by atoms with Crippen molar-refractivity contribution in [3.8, 4) is 16.2 Å². The highest BCUT2D eigenvalue weighted by molar-refractivity contribution is 7.13. The molecule has 0 unspecified atom stereocenters. The van der Waals surface area contributed by atoms with Crippen molar-refractivity contribution in [3.05, 3.63) is 77.2 Å². The number of benzene rings is 2. The van der Waals surface area contributed by atoms with Gasteiger partial charge >= 0.3 is 0 Å². The largest absolute Gasteiger partial charge is 0.508 e. The predicted octanol–water partition coefficient (Wildman–Crippen LogP) is 4.71. The summed E-state index contributed by atoms with van der Waals surface area (Å²) < 4.78 is 0. The molecule has 3 rings (SSSR count). The Labute approximate surface area is 116 Å². The van der Waals surface area contributed by atoms with Crippen LogP contribution >= 0.6 is 11.3 Å². The molecular formula is C17H14OS. The van der Waals surface area contributed by atoms with Gasteiger partial charge in [0, 0.05) is 4.88 Å². The van der Waals surface area contributed by atoms with Crippen molar-refractivity contribution >= 4 is 11.3 Å². The molecular weight excluding hydrogens is 252 g/mol. The van der Waals surface area contributed by atoms with Gasteiger partial charge in [0.15, 0.2) is 0 Å². The van der Waals surface area contributed by atoms with Crippen LogP contribution in [0.2, 0.25) is 0 Å². The topological polar surface area (TPSA) is 20.2 Å². The van der Waals surface area contributed by atoms with E-state index in [4.69, 9.17) is 0 Å². The fourth-order valence-corrected chi connectivity index (χ4v) is 2.81. The standard InChI is InChI=1S/C17H14OS/c18-16-9-5-14(6-10-16)12-13-3-7-15(8-4-13)17-2-1-11-19-17/h1-11,18H,12H2. The highest BCUT2D eigenvalue weighted by Gasteiger charge is 2.00. The average molecular weight is 266 g/mol. The van der Waals surface area contributed by atoms with E-state index in [2.05, 4.69) is 41.8 Å². The first-order valence-corrected chi connectivity index (χ1v) is 7.10. The lowest BCUT2D eigenvalue weighted by Gasteiger charge is -2.04. The molecule has 2 heteroatoms. The summed E-state index contributed by atoms with van der Waals surface area (Å²) >= 11 is 1.76. The van der Waals surface area contributed by atoms with E-state index >= 15 is 0 Å². The number of aromatic hydroxyl groups is 1. The van der Waals surface area contributed by atoms with Gasteiger partial charge in [-0.05, 0) is 46.7 Å². The number of phenols is 1. The molecule has 1 aromatic heterocycles. The van der Waals surface area contributed by atoms with Gasteiger partial charge in [-0.25, -0.2) is 0 Å². The summed E-state index contributed by atoms with van der Waals surface area (Å²) in [7, 11) is 0. The van der Waals surface area contributed by atoms with Crippen molar-refractivity contribution in [1.29, 1.82) is 0 Å². The minimum atomic E-state index is 0.316. The van der Waals surface area contributed by atoms with Crippen LogP contribution in [0.4, 0.5) is 0 Å². The molecule has 0 atom stereocenters. The highest BCUT2D eigenvalue weighted by atomic mass is 32.1. The summed E-state index contributed by atoms with van der Waals surface area (Å²) in [5.41, 5.74) is 3.76. The third-order valence-electron chi connectivity index (χ3n) is 3.10. The minimum Gasteiger partial charge on any atom is -0.508 e. The van der Waals surface area contributed by atoms with Crippen LogP contribution in [0.5, 0.6) is 5.75 Å². The Kier molecular flexibility index (Phi) is 3.34. The lowest BCUT2D eigenvalue weighted by atomic mass is 10.0. The Hall–Kier alpha value is -2.06. The molecule has 0 aliphatic heterocycles. The number of thiophene rings is 1. The SMILES string of the molecule is Oc1ccc(Cc2ccc(-c3cccs3)cc2)cc1. The van der Waals surface area contributed by atoms with Crippen LogP contribution in [0, 0.1) is 0 Å². The highest BCUT2D eigenvalue weighted by Crippen LogP contribution is 2.25. The Morgan fingerprint density at radius 1 is 0.789 bits per heavy atom. The molecule has 0 amide bonds. The second-order valence-electron chi connectivity index (χ2n) is 4.52. The summed E-state index contributed by atoms with van der Waals surface area (Å²) in [6, 6.07) is 20.3. The molecule has 0 saturated carbocycles. The first-order chi connectivity index (χ1) is 9.31. The van der Waals surface area contributed by atoms with Gasteiger partial charge in [-0.3, -0.25) is 0 Å². The third kappa shape index (κ3) is 2.85. The van der Waals surface area contributed by atoms with E-state index < -0.39 is 0 Å². The molecule has 0 aliphatic rings. The molecule has 2 aromatic carbocycles. The van der Waals surface area contributed by atoms with Crippen LogP contribution in [0.15, 0.2) is 66.0 Å². The first kappa shape index (κ1) is 12.0. The predicted molar refractivity (Wildman–Crippen MR) is 80.7 cm³/mol. The Balaban J connectivity index is 1.77. The number of phenolic OH excluding ortho intramolecular Hbond substituents is 1. The van der Waals surface area contributed by atoms with Crippen molar-refractivity contribution in [2.24, 2.45) is 0 Å². The molecule has 94 valence electrons. The van der Waals surface area contributed by atoms with Crippen LogP contribution in [-0.4, -0.2) is 5.11 Å². The molecule has 0 bridgehead atoms. The van der Waals surface area contributed by atoms with Gasteiger partial charge in [0.2, 0.25) is 0 Å². The van der Waals surface area contributed by atoms with E-state index in [0.29, 0.717) is 5.75 Å². The summed E-state index contributed by atoms with van der Waals surface area (Å²) in [6.45, 7) is 0. The first-order valence-electron chi connectivity index (χ1n) is 6.22. The summed E-state index contributed by atoms with van der Waals surface area (Å²) in [4.78, 5) is 1.30. The summed E-state index contributed by atoms with van der Waals surface area (Å²) in [5, 5.41) is 11.4. The third-order valence-corrected chi connectivity index (χ3v) is 4.02. The van der Waals surface area contributed by atoms with E-state index in [1.54, 1.807) is 23.5 Å². The van der Waals surface area contributed by atoms with E-state index in [1.807, 2.05) is 12.1 Å². The van der Waals surface area contributed by atoms with Gasteiger partial charge in [-0.2, -0.15) is 0 Å². The monoisotopic (exact) mass is 266 g/mol. The van der Waals surface area contributed by atoms with Gasteiger partial charge < -0.3 is 5.11 Å². The zero-order valence-electron chi connectivity index (χ0n) is 10.4. The Bertz CT molecular complexity index is 637. The van der Waals surface area contributed by atoms with Crippen LogP contribution in [-0.2, 0) is 6.42 Å². The lowest BCUT2D eigenvalue weighted by Crippen LogP contribution is -1.87. The summed E-state index contributed by atoms with van der Waals surface area (Å²) in [6.07, 6.45) is 0.894. The fraction of sp³-hybridized carbons (Fsp3) is 0.0588. The molecule has 19 heavy (non-hydrogen) atoms. The van der Waals surface area contributed by atoms with Crippen LogP contribution in [0.25, 0.3) is 10.4 Å². The molecule has 0 fully saturated rings. The second-order valence-corrected chi connectivity index (χ2v) is 5.47. The Morgan fingerprint density at radius 3 is 2.00 bits per heavy atom. The molecule has 0 saturated heterocycles. The van der Waals surface area contributed by atoms with E-state index in [1.165, 1.54) is 21.6 Å². The normalized spacial score (nSPS) is 10.5. The maximum absolute atomic E-state index is 9.27. The average Bonchev–Trinajstić information content (AvgIpc) is 2.96. The molecule has 1 heterocycles. The summed E-state index contributed by atoms with van der Waals surface area (Å²) in [5.74, 6) is 0.316. The van der Waals surface area contributed by atoms with Gasteiger partial charge in [0.25, 0.3) is 0 Å². The molecule has 3 aromatic rings. The lowest BCUT2D eigenvalue weighted by molar-refractivity contribution is 0.475. The van der Waals surface area contributed by atoms with Gasteiger partial charge in [0.1, 0.15) is 5.75 Å². The molecule has 0 radical (unpaired) electrons. The molecule has 1 N–H and O–H groups in total. The molecule has 0 spiro atoms.